The number of aromatic nitrogens is 1. The van der Waals surface area contributed by atoms with Gasteiger partial charge in [-0.1, -0.05) is 18.2 Å². The zero-order valence-corrected chi connectivity index (χ0v) is 13.9. The maximum absolute atomic E-state index is 11.8. The van der Waals surface area contributed by atoms with E-state index in [4.69, 9.17) is 4.74 Å². The van der Waals surface area contributed by atoms with E-state index in [1.165, 1.54) is 0 Å². The summed E-state index contributed by atoms with van der Waals surface area (Å²) < 4.78 is 33.2. The predicted molar refractivity (Wildman–Crippen MR) is 95.1 cm³/mol. The standard InChI is InChI=1S/C17H14N4O3S/c22-25(23)10-9-21-12-18-11-15(17(21)20-25)13-4-6-14(7-5-13)24-16-3-1-2-8-19-16/h1-8,11-12H,9-10H2. The molecule has 7 nitrogen and oxygen atoms in total. The fourth-order valence-corrected chi connectivity index (χ4v) is 3.53. The average Bonchev–Trinajstić information content (AvgIpc) is 2.62. The van der Waals surface area contributed by atoms with Gasteiger partial charge in [-0.05, 0) is 23.8 Å². The molecule has 0 saturated carbocycles. The summed E-state index contributed by atoms with van der Waals surface area (Å²) in [5.74, 6) is 1.54. The third-order valence-electron chi connectivity index (χ3n) is 3.76. The van der Waals surface area contributed by atoms with Crippen LogP contribution in [0, 0.1) is 0 Å². The minimum atomic E-state index is -3.43. The van der Waals surface area contributed by atoms with E-state index in [1.807, 2.05) is 24.3 Å². The molecule has 0 radical (unpaired) electrons. The van der Waals surface area contributed by atoms with Gasteiger partial charge in [-0.15, -0.1) is 4.40 Å². The number of benzene rings is 1. The van der Waals surface area contributed by atoms with Gasteiger partial charge in [0.2, 0.25) is 5.88 Å². The monoisotopic (exact) mass is 354 g/mol. The van der Waals surface area contributed by atoms with Crippen LogP contribution < -0.4 is 4.74 Å². The highest BCUT2D eigenvalue weighted by atomic mass is 32.2. The molecule has 2 aliphatic heterocycles. The van der Waals surface area contributed by atoms with Crippen LogP contribution in [0.15, 0.2) is 64.3 Å². The first-order valence-electron chi connectivity index (χ1n) is 7.63. The number of nitrogens with zero attached hydrogens (tertiary/aromatic N) is 4. The molecule has 4 rings (SSSR count). The van der Waals surface area contributed by atoms with Gasteiger partial charge in [0.25, 0.3) is 10.0 Å². The largest absolute Gasteiger partial charge is 0.439 e. The van der Waals surface area contributed by atoms with Crippen LogP contribution in [0.4, 0.5) is 0 Å². The number of amidine groups is 1. The van der Waals surface area contributed by atoms with Gasteiger partial charge in [-0.2, -0.15) is 0 Å². The van der Waals surface area contributed by atoms with Crippen molar-refractivity contribution in [1.29, 1.82) is 0 Å². The number of ether oxygens (including phenoxy) is 1. The lowest BCUT2D eigenvalue weighted by atomic mass is 10.0. The molecule has 0 N–H and O–H groups in total. The lowest BCUT2D eigenvalue weighted by molar-refractivity contribution is 0.463. The molecule has 0 saturated heterocycles. The highest BCUT2D eigenvalue weighted by Gasteiger charge is 2.28. The molecular weight excluding hydrogens is 340 g/mol. The van der Waals surface area contributed by atoms with Gasteiger partial charge < -0.3 is 9.64 Å². The Morgan fingerprint density at radius 2 is 1.92 bits per heavy atom. The van der Waals surface area contributed by atoms with Crippen LogP contribution in [-0.4, -0.2) is 42.8 Å². The van der Waals surface area contributed by atoms with E-state index in [0.717, 1.165) is 5.56 Å². The Hall–Kier alpha value is -3.00. The molecule has 1 aromatic carbocycles. The summed E-state index contributed by atoms with van der Waals surface area (Å²) in [7, 11) is -3.43. The number of aliphatic imine (C=N–C) groups is 1. The van der Waals surface area contributed by atoms with Crippen LogP contribution in [0.5, 0.6) is 11.6 Å². The predicted octanol–water partition coefficient (Wildman–Crippen LogP) is 2.30. The normalized spacial score (nSPS) is 18.2. The molecule has 8 heteroatoms. The van der Waals surface area contributed by atoms with Crippen molar-refractivity contribution < 1.29 is 13.2 Å². The number of hydrogen-bond acceptors (Lipinski definition) is 6. The minimum absolute atomic E-state index is 0.00729. The molecule has 0 fully saturated rings. The smallest absolute Gasteiger partial charge is 0.256 e. The van der Waals surface area contributed by atoms with Crippen molar-refractivity contribution in [2.75, 3.05) is 12.3 Å². The van der Waals surface area contributed by atoms with Crippen molar-refractivity contribution in [3.05, 3.63) is 60.4 Å². The van der Waals surface area contributed by atoms with E-state index in [2.05, 4.69) is 14.4 Å². The van der Waals surface area contributed by atoms with Crippen molar-refractivity contribution in [2.45, 2.75) is 0 Å². The summed E-state index contributed by atoms with van der Waals surface area (Å²) in [5.41, 5.74) is 1.47. The average molecular weight is 354 g/mol. The van der Waals surface area contributed by atoms with Gasteiger partial charge in [0.1, 0.15) is 5.75 Å². The summed E-state index contributed by atoms with van der Waals surface area (Å²) in [6.07, 6.45) is 4.87. The molecule has 1 aromatic heterocycles. The van der Waals surface area contributed by atoms with Crippen LogP contribution in [0.25, 0.3) is 5.57 Å². The van der Waals surface area contributed by atoms with E-state index in [-0.39, 0.29) is 5.75 Å². The quantitative estimate of drug-likeness (QED) is 0.844. The highest BCUT2D eigenvalue weighted by molar-refractivity contribution is 7.90. The molecule has 0 amide bonds. The Balaban J connectivity index is 1.62. The molecule has 25 heavy (non-hydrogen) atoms. The Kier molecular flexibility index (Phi) is 3.81. The first-order chi connectivity index (χ1) is 12.1. The second-order valence-electron chi connectivity index (χ2n) is 5.50. The van der Waals surface area contributed by atoms with Crippen molar-refractivity contribution in [3.63, 3.8) is 0 Å². The number of pyridine rings is 1. The number of fused-ring (bicyclic) bond motifs is 1. The molecule has 2 aromatic rings. The SMILES string of the molecule is O=S1(=O)CCN2C=NC=C(c3ccc(Oc4ccccn4)cc3)C2=N1. The summed E-state index contributed by atoms with van der Waals surface area (Å²) in [5, 5.41) is 0. The third-order valence-corrected chi connectivity index (χ3v) is 4.91. The summed E-state index contributed by atoms with van der Waals surface area (Å²) >= 11 is 0. The highest BCUT2D eigenvalue weighted by Crippen LogP contribution is 2.27. The first kappa shape index (κ1) is 15.5. The minimum Gasteiger partial charge on any atom is -0.439 e. The Morgan fingerprint density at radius 1 is 1.08 bits per heavy atom. The second kappa shape index (κ2) is 6.14. The molecule has 0 atom stereocenters. The van der Waals surface area contributed by atoms with Gasteiger partial charge >= 0.3 is 0 Å². The van der Waals surface area contributed by atoms with Crippen LogP contribution in [0.2, 0.25) is 0 Å². The molecule has 126 valence electrons. The second-order valence-corrected chi connectivity index (χ2v) is 7.25. The van der Waals surface area contributed by atoms with Crippen LogP contribution >= 0.6 is 0 Å². The van der Waals surface area contributed by atoms with Crippen molar-refractivity contribution in [1.82, 2.24) is 9.88 Å². The molecule has 0 bridgehead atoms. The van der Waals surface area contributed by atoms with Crippen molar-refractivity contribution in [3.8, 4) is 11.6 Å². The summed E-state index contributed by atoms with van der Waals surface area (Å²) in [4.78, 5) is 10.0. The van der Waals surface area contributed by atoms with E-state index in [9.17, 15) is 8.42 Å². The van der Waals surface area contributed by atoms with Crippen LogP contribution in [0.1, 0.15) is 5.56 Å². The number of hydrogen-bond donors (Lipinski definition) is 0. The zero-order valence-electron chi connectivity index (χ0n) is 13.1. The molecule has 0 spiro atoms. The third kappa shape index (κ3) is 3.29. The van der Waals surface area contributed by atoms with Gasteiger partial charge in [0.15, 0.2) is 5.84 Å². The van der Waals surface area contributed by atoms with Crippen LogP contribution in [-0.2, 0) is 10.0 Å². The summed E-state index contributed by atoms with van der Waals surface area (Å²) in [6, 6.07) is 12.7. The zero-order chi connectivity index (χ0) is 17.3. The number of sulfonamides is 1. The maximum atomic E-state index is 11.8. The van der Waals surface area contributed by atoms with Crippen molar-refractivity contribution in [2.24, 2.45) is 9.39 Å². The van der Waals surface area contributed by atoms with Crippen LogP contribution in [0.3, 0.4) is 0 Å². The van der Waals surface area contributed by atoms with Gasteiger partial charge in [-0.25, -0.2) is 18.4 Å². The van der Waals surface area contributed by atoms with Gasteiger partial charge in [-0.3, -0.25) is 0 Å². The molecule has 0 aliphatic carbocycles. The Bertz CT molecular complexity index is 980. The lowest BCUT2D eigenvalue weighted by Crippen LogP contribution is -2.40. The van der Waals surface area contributed by atoms with Gasteiger partial charge in [0, 0.05) is 30.6 Å². The van der Waals surface area contributed by atoms with Gasteiger partial charge in [0.05, 0.1) is 12.1 Å². The Labute approximate surface area is 145 Å². The summed E-state index contributed by atoms with van der Waals surface area (Å²) in [6.45, 7) is 0.350. The van der Waals surface area contributed by atoms with E-state index in [1.54, 1.807) is 41.8 Å². The molecule has 2 aliphatic rings. The first-order valence-corrected chi connectivity index (χ1v) is 9.24. The fourth-order valence-electron chi connectivity index (χ4n) is 2.55. The van der Waals surface area contributed by atoms with E-state index < -0.39 is 10.0 Å². The molecule has 3 heterocycles. The van der Waals surface area contributed by atoms with Crippen molar-refractivity contribution >= 4 is 27.8 Å². The number of rotatable bonds is 3. The molecule has 0 unspecified atom stereocenters. The lowest BCUT2D eigenvalue weighted by Gasteiger charge is -2.28. The Morgan fingerprint density at radius 3 is 2.68 bits per heavy atom. The molecular formula is C17H14N4O3S. The fraction of sp³-hybridized carbons (Fsp3) is 0.118. The van der Waals surface area contributed by atoms with E-state index >= 15 is 0 Å². The topological polar surface area (TPSA) is 84.2 Å². The van der Waals surface area contributed by atoms with E-state index in [0.29, 0.717) is 29.6 Å². The maximum Gasteiger partial charge on any atom is 0.256 e.